The third kappa shape index (κ3) is 5.64. The maximum absolute atomic E-state index is 13.0. The summed E-state index contributed by atoms with van der Waals surface area (Å²) in [5.74, 6) is 0.448. The van der Waals surface area contributed by atoms with Crippen molar-refractivity contribution in [1.82, 2.24) is 24.9 Å². The van der Waals surface area contributed by atoms with Crippen LogP contribution in [0.25, 0.3) is 16.5 Å². The molecule has 0 saturated carbocycles. The van der Waals surface area contributed by atoms with Crippen LogP contribution in [0.5, 0.6) is 5.75 Å². The van der Waals surface area contributed by atoms with Crippen LogP contribution in [0, 0.1) is 0 Å². The maximum atomic E-state index is 13.0. The van der Waals surface area contributed by atoms with Gasteiger partial charge in [0.1, 0.15) is 11.4 Å². The molecule has 36 heavy (non-hydrogen) atoms. The first-order valence-corrected chi connectivity index (χ1v) is 12.0. The van der Waals surface area contributed by atoms with Crippen LogP contribution in [-0.4, -0.2) is 61.7 Å². The van der Waals surface area contributed by atoms with Gasteiger partial charge in [0, 0.05) is 31.2 Å². The average Bonchev–Trinajstić information content (AvgIpc) is 3.16. The van der Waals surface area contributed by atoms with Crippen molar-refractivity contribution in [1.29, 1.82) is 0 Å². The monoisotopic (exact) mass is 492 g/mol. The molecule has 0 aliphatic carbocycles. The second-order valence-corrected chi connectivity index (χ2v) is 9.76. The van der Waals surface area contributed by atoms with Gasteiger partial charge >= 0.3 is 6.09 Å². The van der Waals surface area contributed by atoms with Crippen molar-refractivity contribution in [2.75, 3.05) is 18.5 Å². The fraction of sp³-hybridized carbons (Fsp3) is 0.423. The minimum atomic E-state index is -0.542. The highest BCUT2D eigenvalue weighted by atomic mass is 16.6. The minimum absolute atomic E-state index is 0.135. The van der Waals surface area contributed by atoms with E-state index < -0.39 is 5.60 Å². The number of rotatable bonds is 5. The van der Waals surface area contributed by atoms with Crippen molar-refractivity contribution in [2.45, 2.75) is 52.7 Å². The quantitative estimate of drug-likeness (QED) is 0.561. The van der Waals surface area contributed by atoms with E-state index in [9.17, 15) is 9.59 Å². The number of hydrogen-bond acceptors (Lipinski definition) is 7. The molecule has 2 aromatic heterocycles. The molecule has 10 heteroatoms. The Hall–Kier alpha value is -3.95. The number of nitrogens with one attached hydrogen (secondary N) is 1. The summed E-state index contributed by atoms with van der Waals surface area (Å²) in [6.45, 7) is 10.3. The molecule has 0 saturated heterocycles. The Morgan fingerprint density at radius 1 is 1.19 bits per heavy atom. The van der Waals surface area contributed by atoms with E-state index in [-0.39, 0.29) is 18.0 Å². The molecule has 190 valence electrons. The largest absolute Gasteiger partial charge is 0.493 e. The van der Waals surface area contributed by atoms with Gasteiger partial charge in [0.15, 0.2) is 5.82 Å². The Morgan fingerprint density at radius 3 is 2.61 bits per heavy atom. The van der Waals surface area contributed by atoms with Crippen molar-refractivity contribution in [3.8, 4) is 5.75 Å². The van der Waals surface area contributed by atoms with Gasteiger partial charge in [-0.05, 0) is 64.8 Å². The SMILES string of the molecule is CCOc1cc2nn(C)cc2cc1C(=O)Nc1ccc(C2=CC(C)N(C(=O)OC(C)(C)C)CC2)nn1. The van der Waals surface area contributed by atoms with Crippen LogP contribution in [0.15, 0.2) is 36.5 Å². The molecule has 3 aromatic rings. The van der Waals surface area contributed by atoms with E-state index in [1.807, 2.05) is 60.0 Å². The molecular weight excluding hydrogens is 460 g/mol. The van der Waals surface area contributed by atoms with Gasteiger partial charge in [0.05, 0.1) is 29.4 Å². The fourth-order valence-electron chi connectivity index (χ4n) is 4.08. The Morgan fingerprint density at radius 2 is 1.97 bits per heavy atom. The van der Waals surface area contributed by atoms with Crippen LogP contribution in [0.4, 0.5) is 10.6 Å². The van der Waals surface area contributed by atoms with Gasteiger partial charge in [0.25, 0.3) is 5.91 Å². The van der Waals surface area contributed by atoms with Gasteiger partial charge in [-0.25, -0.2) is 4.79 Å². The molecule has 0 radical (unpaired) electrons. The van der Waals surface area contributed by atoms with Crippen LogP contribution in [-0.2, 0) is 11.8 Å². The summed E-state index contributed by atoms with van der Waals surface area (Å²) in [6.07, 6.45) is 4.14. The van der Waals surface area contributed by atoms with Crippen LogP contribution in [0.3, 0.4) is 0 Å². The first kappa shape index (κ1) is 25.2. The number of carbonyl (C=O) groups excluding carboxylic acids is 2. The third-order valence-electron chi connectivity index (χ3n) is 5.68. The van der Waals surface area contributed by atoms with Gasteiger partial charge in [-0.2, -0.15) is 5.10 Å². The van der Waals surface area contributed by atoms with Crippen molar-refractivity contribution in [3.05, 3.63) is 47.8 Å². The second-order valence-electron chi connectivity index (χ2n) is 9.76. The molecule has 3 heterocycles. The number of ether oxygens (including phenoxy) is 2. The number of aryl methyl sites for hydroxylation is 1. The lowest BCUT2D eigenvalue weighted by atomic mass is 10.0. The van der Waals surface area contributed by atoms with Crippen LogP contribution >= 0.6 is 0 Å². The molecule has 1 atom stereocenters. The molecule has 0 fully saturated rings. The fourth-order valence-corrected chi connectivity index (χ4v) is 4.08. The summed E-state index contributed by atoms with van der Waals surface area (Å²) in [5, 5.41) is 16.5. The summed E-state index contributed by atoms with van der Waals surface area (Å²) in [4.78, 5) is 27.2. The van der Waals surface area contributed by atoms with E-state index in [1.54, 1.807) is 27.8 Å². The highest BCUT2D eigenvalue weighted by Gasteiger charge is 2.28. The summed E-state index contributed by atoms with van der Waals surface area (Å²) < 4.78 is 12.9. The van der Waals surface area contributed by atoms with E-state index in [0.717, 1.165) is 16.5 Å². The van der Waals surface area contributed by atoms with Crippen molar-refractivity contribution >= 4 is 34.3 Å². The van der Waals surface area contributed by atoms with Gasteiger partial charge in [-0.3, -0.25) is 9.48 Å². The maximum Gasteiger partial charge on any atom is 0.410 e. The number of anilines is 1. The summed E-state index contributed by atoms with van der Waals surface area (Å²) in [5.41, 5.74) is 2.31. The van der Waals surface area contributed by atoms with Crippen LogP contribution in [0.2, 0.25) is 0 Å². The van der Waals surface area contributed by atoms with E-state index >= 15 is 0 Å². The Kier molecular flexibility index (Phi) is 6.96. The summed E-state index contributed by atoms with van der Waals surface area (Å²) in [6, 6.07) is 6.92. The first-order valence-electron chi connectivity index (χ1n) is 12.0. The Bertz CT molecular complexity index is 1310. The standard InChI is InChI=1S/C26H32N6O4/c1-7-35-22-14-21-18(15-31(6)30-21)13-19(22)24(33)27-23-9-8-20(28-29-23)17-10-11-32(16(2)12-17)25(34)36-26(3,4)5/h8-9,12-16H,7,10-11H2,1-6H3,(H,27,29,33). The van der Waals surface area contributed by atoms with E-state index in [4.69, 9.17) is 9.47 Å². The number of carbonyl (C=O) groups is 2. The normalized spacial score (nSPS) is 16.0. The van der Waals surface area contributed by atoms with Gasteiger partial charge < -0.3 is 19.7 Å². The molecular formula is C26H32N6O4. The van der Waals surface area contributed by atoms with Gasteiger partial charge in [-0.15, -0.1) is 10.2 Å². The summed E-state index contributed by atoms with van der Waals surface area (Å²) in [7, 11) is 1.83. The molecule has 1 aromatic carbocycles. The van der Waals surface area contributed by atoms with Crippen LogP contribution in [0.1, 0.15) is 57.1 Å². The second kappa shape index (κ2) is 9.96. The number of aromatic nitrogens is 4. The topological polar surface area (TPSA) is 111 Å². The van der Waals surface area contributed by atoms with E-state index in [2.05, 4.69) is 20.6 Å². The molecule has 2 amide bonds. The number of benzene rings is 1. The van der Waals surface area contributed by atoms with Gasteiger partial charge in [0.2, 0.25) is 0 Å². The molecule has 1 aliphatic heterocycles. The predicted octanol–water partition coefficient (Wildman–Crippen LogP) is 4.43. The Labute approximate surface area is 210 Å². The number of fused-ring (bicyclic) bond motifs is 1. The third-order valence-corrected chi connectivity index (χ3v) is 5.68. The smallest absolute Gasteiger partial charge is 0.410 e. The highest BCUT2D eigenvalue weighted by molar-refractivity contribution is 6.08. The number of nitrogens with zero attached hydrogens (tertiary/aromatic N) is 5. The predicted molar refractivity (Wildman–Crippen MR) is 137 cm³/mol. The number of hydrogen-bond donors (Lipinski definition) is 1. The zero-order valence-electron chi connectivity index (χ0n) is 21.5. The lowest BCUT2D eigenvalue weighted by Gasteiger charge is -2.33. The Balaban J connectivity index is 1.47. The zero-order valence-corrected chi connectivity index (χ0v) is 21.5. The molecule has 1 unspecified atom stereocenters. The van der Waals surface area contributed by atoms with Crippen LogP contribution < -0.4 is 10.1 Å². The molecule has 1 N–H and O–H groups in total. The number of amides is 2. The van der Waals surface area contributed by atoms with E-state index in [0.29, 0.717) is 42.4 Å². The molecule has 1 aliphatic rings. The van der Waals surface area contributed by atoms with Crippen molar-refractivity contribution < 1.29 is 19.1 Å². The average molecular weight is 493 g/mol. The molecule has 10 nitrogen and oxygen atoms in total. The summed E-state index contributed by atoms with van der Waals surface area (Å²) >= 11 is 0. The van der Waals surface area contributed by atoms with Crippen molar-refractivity contribution in [3.63, 3.8) is 0 Å². The van der Waals surface area contributed by atoms with E-state index in [1.165, 1.54) is 0 Å². The molecule has 0 spiro atoms. The molecule has 4 rings (SSSR count). The first-order chi connectivity index (χ1) is 17.0. The highest BCUT2D eigenvalue weighted by Crippen LogP contribution is 2.28. The minimum Gasteiger partial charge on any atom is -0.493 e. The van der Waals surface area contributed by atoms with Gasteiger partial charge in [-0.1, -0.05) is 6.08 Å². The lowest BCUT2D eigenvalue weighted by molar-refractivity contribution is 0.0209. The van der Waals surface area contributed by atoms with Crippen molar-refractivity contribution in [2.24, 2.45) is 7.05 Å². The lowest BCUT2D eigenvalue weighted by Crippen LogP contribution is -2.43. The zero-order chi connectivity index (χ0) is 26.0. The molecule has 0 bridgehead atoms.